The zero-order valence-electron chi connectivity index (χ0n) is 23.2. The summed E-state index contributed by atoms with van der Waals surface area (Å²) in [5, 5.41) is 14.0. The summed E-state index contributed by atoms with van der Waals surface area (Å²) in [5.74, 6) is -5.45. The van der Waals surface area contributed by atoms with Crippen molar-refractivity contribution < 1.29 is 32.7 Å². The van der Waals surface area contributed by atoms with Crippen LogP contribution in [-0.2, 0) is 14.4 Å². The smallest absolute Gasteiger partial charge is 0.321 e. The number of hydrogen-bond acceptors (Lipinski definition) is 4. The number of benzene rings is 2. The molecule has 1 atom stereocenters. The maximum Gasteiger partial charge on any atom is 0.321 e. The van der Waals surface area contributed by atoms with Crippen molar-refractivity contribution in [3.05, 3.63) is 71.2 Å². The summed E-state index contributed by atoms with van der Waals surface area (Å²) in [6.45, 7) is 3.47. The van der Waals surface area contributed by atoms with E-state index in [1.165, 1.54) is 19.1 Å². The molecule has 3 N–H and O–H groups in total. The third-order valence-electron chi connectivity index (χ3n) is 8.37. The Balaban J connectivity index is 1.18. The number of fused-ring (bicyclic) bond motifs is 1. The third kappa shape index (κ3) is 6.35. The number of carboxylic acid groups (broad SMARTS) is 1. The Kier molecular flexibility index (Phi) is 8.67. The summed E-state index contributed by atoms with van der Waals surface area (Å²) in [4.78, 5) is 43.5. The number of carbonyl (C=O) groups is 3. The van der Waals surface area contributed by atoms with E-state index in [9.17, 15) is 32.7 Å². The number of nitrogens with one attached hydrogen (secondary N) is 2. The summed E-state index contributed by atoms with van der Waals surface area (Å²) >= 11 is 0. The molecule has 0 spiro atoms. The summed E-state index contributed by atoms with van der Waals surface area (Å²) in [6.07, 6.45) is 7.06. The van der Waals surface area contributed by atoms with Gasteiger partial charge in [-0.1, -0.05) is 0 Å². The van der Waals surface area contributed by atoms with Gasteiger partial charge in [-0.25, -0.2) is 13.2 Å². The number of anilines is 1. The quantitative estimate of drug-likeness (QED) is 0.265. The van der Waals surface area contributed by atoms with Crippen LogP contribution in [0.2, 0.25) is 0 Å². The van der Waals surface area contributed by atoms with E-state index in [0.29, 0.717) is 39.0 Å². The van der Waals surface area contributed by atoms with Crippen LogP contribution >= 0.6 is 0 Å². The number of carbonyl (C=O) groups excluding carboxylic acids is 2. The number of likely N-dealkylation sites (tertiary alicyclic amines) is 2. The van der Waals surface area contributed by atoms with E-state index < -0.39 is 29.5 Å². The Morgan fingerprint density at radius 1 is 1.00 bits per heavy atom. The maximum absolute atomic E-state index is 13.5. The van der Waals surface area contributed by atoms with Crippen LogP contribution in [0.3, 0.4) is 0 Å². The van der Waals surface area contributed by atoms with Gasteiger partial charge in [0.15, 0.2) is 17.5 Å². The Morgan fingerprint density at radius 3 is 2.29 bits per heavy atom. The first-order valence-corrected chi connectivity index (χ1v) is 14.1. The van der Waals surface area contributed by atoms with Gasteiger partial charge in [0.25, 0.3) is 0 Å². The third-order valence-corrected chi connectivity index (χ3v) is 8.37. The first kappa shape index (κ1) is 29.4. The average molecular weight is 583 g/mol. The van der Waals surface area contributed by atoms with Crippen molar-refractivity contribution in [2.75, 3.05) is 31.5 Å². The summed E-state index contributed by atoms with van der Waals surface area (Å²) in [5.41, 5.74) is 2.91. The molecule has 0 saturated carbocycles. The zero-order valence-corrected chi connectivity index (χ0v) is 23.2. The number of H-pyrrole nitrogens is 1. The SMILES string of the molecule is CC(=O)Nc1ccc2[nH]cc(C3CCN(C(C(=O)O)C4CCN(C(=O)/C=C/c5cc(F)c(F)c(F)c5)CC4)CC3)c2c1. The molecule has 2 fully saturated rings. The van der Waals surface area contributed by atoms with Gasteiger partial charge in [0.1, 0.15) is 6.04 Å². The fraction of sp³-hybridized carbons (Fsp3) is 0.387. The van der Waals surface area contributed by atoms with Crippen LogP contribution in [0, 0.1) is 23.4 Å². The van der Waals surface area contributed by atoms with Crippen LogP contribution in [-0.4, -0.2) is 69.9 Å². The molecule has 3 aromatic rings. The van der Waals surface area contributed by atoms with Gasteiger partial charge >= 0.3 is 5.97 Å². The largest absolute Gasteiger partial charge is 0.480 e. The predicted molar refractivity (Wildman–Crippen MR) is 152 cm³/mol. The molecule has 0 aliphatic carbocycles. The number of aromatic nitrogens is 1. The first-order chi connectivity index (χ1) is 20.1. The zero-order chi connectivity index (χ0) is 30.0. The van der Waals surface area contributed by atoms with Crippen molar-refractivity contribution in [2.24, 2.45) is 5.92 Å². The molecule has 2 saturated heterocycles. The normalized spacial score (nSPS) is 18.0. The minimum Gasteiger partial charge on any atom is -0.480 e. The molecular formula is C31H33F3N4O4. The van der Waals surface area contributed by atoms with Gasteiger partial charge in [-0.2, -0.15) is 0 Å². The van der Waals surface area contributed by atoms with E-state index in [1.54, 1.807) is 4.90 Å². The van der Waals surface area contributed by atoms with E-state index >= 15 is 0 Å². The molecule has 8 nitrogen and oxygen atoms in total. The van der Waals surface area contributed by atoms with Crippen molar-refractivity contribution in [1.82, 2.24) is 14.8 Å². The molecule has 2 amide bonds. The second kappa shape index (κ2) is 12.4. The molecular weight excluding hydrogens is 549 g/mol. The Labute approximate surface area is 241 Å². The highest BCUT2D eigenvalue weighted by Gasteiger charge is 2.38. The highest BCUT2D eigenvalue weighted by Crippen LogP contribution is 2.36. The Morgan fingerprint density at radius 2 is 1.67 bits per heavy atom. The summed E-state index contributed by atoms with van der Waals surface area (Å²) < 4.78 is 40.1. The monoisotopic (exact) mass is 582 g/mol. The second-order valence-electron chi connectivity index (χ2n) is 11.1. The van der Waals surface area contributed by atoms with Crippen LogP contribution in [0.5, 0.6) is 0 Å². The number of halogens is 3. The van der Waals surface area contributed by atoms with Crippen molar-refractivity contribution in [3.63, 3.8) is 0 Å². The minimum absolute atomic E-state index is 0.0322. The van der Waals surface area contributed by atoms with Gasteiger partial charge in [0, 0.05) is 48.9 Å². The van der Waals surface area contributed by atoms with E-state index in [4.69, 9.17) is 0 Å². The first-order valence-electron chi connectivity index (χ1n) is 14.1. The lowest BCUT2D eigenvalue weighted by molar-refractivity contribution is -0.147. The lowest BCUT2D eigenvalue weighted by Crippen LogP contribution is -2.52. The Bertz CT molecular complexity index is 1500. The molecule has 1 aromatic heterocycles. The minimum atomic E-state index is -1.56. The van der Waals surface area contributed by atoms with Crippen LogP contribution < -0.4 is 5.32 Å². The van der Waals surface area contributed by atoms with Crippen molar-refractivity contribution in [2.45, 2.75) is 44.6 Å². The Hall–Kier alpha value is -4.12. The van der Waals surface area contributed by atoms with Crippen molar-refractivity contribution in [1.29, 1.82) is 0 Å². The number of piperidine rings is 2. The molecule has 2 aromatic carbocycles. The molecule has 11 heteroatoms. The number of hydrogen-bond donors (Lipinski definition) is 3. The fourth-order valence-corrected chi connectivity index (χ4v) is 6.29. The molecule has 222 valence electrons. The standard InChI is InChI=1S/C31H33F3N4O4/c1-18(39)36-22-3-4-27-23(16-22)24(17-35-27)20-6-12-38(13-7-20)30(31(41)42)21-8-10-37(11-9-21)28(40)5-2-19-14-25(32)29(34)26(33)15-19/h2-5,14-17,20-21,30,35H,6-13H2,1H3,(H,36,39)(H,41,42)/b5-2+. The van der Waals surface area contributed by atoms with Gasteiger partial charge in [-0.3, -0.25) is 19.3 Å². The van der Waals surface area contributed by atoms with E-state index in [-0.39, 0.29) is 29.2 Å². The molecule has 2 aliphatic heterocycles. The molecule has 5 rings (SSSR count). The second-order valence-corrected chi connectivity index (χ2v) is 11.1. The topological polar surface area (TPSA) is 106 Å². The van der Waals surface area contributed by atoms with E-state index in [0.717, 1.165) is 47.1 Å². The maximum atomic E-state index is 13.5. The number of carboxylic acids is 1. The lowest BCUT2D eigenvalue weighted by Gasteiger charge is -2.41. The molecule has 0 bridgehead atoms. The van der Waals surface area contributed by atoms with Crippen LogP contribution in [0.4, 0.5) is 18.9 Å². The van der Waals surface area contributed by atoms with Gasteiger partial charge in [-0.15, -0.1) is 0 Å². The molecule has 2 aliphatic rings. The van der Waals surface area contributed by atoms with Gasteiger partial charge in [0.2, 0.25) is 11.8 Å². The highest BCUT2D eigenvalue weighted by molar-refractivity contribution is 5.94. The molecule has 3 heterocycles. The predicted octanol–water partition coefficient (Wildman–Crippen LogP) is 5.13. The molecule has 42 heavy (non-hydrogen) atoms. The average Bonchev–Trinajstić information content (AvgIpc) is 3.38. The lowest BCUT2D eigenvalue weighted by atomic mass is 9.84. The van der Waals surface area contributed by atoms with Gasteiger partial charge in [-0.05, 0) is 98.1 Å². The number of amides is 2. The molecule has 0 radical (unpaired) electrons. The number of nitrogens with zero attached hydrogens (tertiary/aromatic N) is 2. The molecule has 1 unspecified atom stereocenters. The summed E-state index contributed by atoms with van der Waals surface area (Å²) in [7, 11) is 0. The fourth-order valence-electron chi connectivity index (χ4n) is 6.29. The van der Waals surface area contributed by atoms with E-state index in [2.05, 4.69) is 10.3 Å². The number of aromatic amines is 1. The number of rotatable bonds is 7. The number of aliphatic carboxylic acids is 1. The van der Waals surface area contributed by atoms with Crippen LogP contribution in [0.15, 0.2) is 42.6 Å². The van der Waals surface area contributed by atoms with Crippen molar-refractivity contribution in [3.8, 4) is 0 Å². The van der Waals surface area contributed by atoms with Gasteiger partial charge < -0.3 is 20.3 Å². The van der Waals surface area contributed by atoms with Crippen LogP contribution in [0.25, 0.3) is 17.0 Å². The highest BCUT2D eigenvalue weighted by atomic mass is 19.2. The van der Waals surface area contributed by atoms with Crippen molar-refractivity contribution >= 4 is 40.4 Å². The van der Waals surface area contributed by atoms with E-state index in [1.807, 2.05) is 29.3 Å². The summed E-state index contributed by atoms with van der Waals surface area (Å²) in [6, 6.07) is 6.74. The van der Waals surface area contributed by atoms with Gasteiger partial charge in [0.05, 0.1) is 0 Å². The van der Waals surface area contributed by atoms with Crippen LogP contribution in [0.1, 0.15) is 49.7 Å².